The molecule has 0 spiro atoms. The number of rotatable bonds is 5. The van der Waals surface area contributed by atoms with Gasteiger partial charge in [-0.05, 0) is 61.6 Å². The van der Waals surface area contributed by atoms with Crippen LogP contribution in [0.3, 0.4) is 0 Å². The Labute approximate surface area is 237 Å². The number of nitrogens with one attached hydrogen (secondary N) is 2. The molecule has 1 aromatic heterocycles. The summed E-state index contributed by atoms with van der Waals surface area (Å²) in [4.78, 5) is 38.1. The smallest absolute Gasteiger partial charge is 0.254 e. The fourth-order valence-electron chi connectivity index (χ4n) is 5.39. The monoisotopic (exact) mass is 557 g/mol. The maximum absolute atomic E-state index is 13.6. The molecule has 204 valence electrons. The highest BCUT2D eigenvalue weighted by molar-refractivity contribution is 5.96. The van der Waals surface area contributed by atoms with Crippen LogP contribution < -0.4 is 10.2 Å². The molecule has 7 nitrogen and oxygen atoms in total. The third-order valence-electron chi connectivity index (χ3n) is 7.71. The van der Waals surface area contributed by atoms with Crippen molar-refractivity contribution in [3.8, 4) is 0 Å². The molecule has 0 saturated heterocycles. The molecular weight excluding hydrogens is 521 g/mol. The van der Waals surface area contributed by atoms with Crippen molar-refractivity contribution in [3.05, 3.63) is 76.9 Å². The highest BCUT2D eigenvalue weighted by atomic mass is 35.5. The SMILES string of the molecule is Cc1cccc(C(=O)N2CCN(Cc3cnc[nH]3)c3cc(NC(=O)C4CCCCC4)ccc3C2)c1C.Cl.Cl. The highest BCUT2D eigenvalue weighted by Gasteiger charge is 2.26. The summed E-state index contributed by atoms with van der Waals surface area (Å²) in [5, 5.41) is 3.17. The number of aryl methyl sites for hydroxylation is 1. The first-order valence-corrected chi connectivity index (χ1v) is 13.0. The number of aromatic nitrogens is 2. The molecule has 3 aromatic rings. The lowest BCUT2D eigenvalue weighted by atomic mass is 9.88. The van der Waals surface area contributed by atoms with Crippen LogP contribution in [0.2, 0.25) is 0 Å². The van der Waals surface area contributed by atoms with Gasteiger partial charge in [-0.2, -0.15) is 0 Å². The Morgan fingerprint density at radius 2 is 1.84 bits per heavy atom. The fourth-order valence-corrected chi connectivity index (χ4v) is 5.39. The number of imidazole rings is 1. The number of anilines is 2. The number of amides is 2. The van der Waals surface area contributed by atoms with Crippen LogP contribution in [0.1, 0.15) is 64.8 Å². The number of hydrogen-bond acceptors (Lipinski definition) is 4. The third-order valence-corrected chi connectivity index (χ3v) is 7.71. The molecule has 0 atom stereocenters. The van der Waals surface area contributed by atoms with Crippen LogP contribution in [0.4, 0.5) is 11.4 Å². The first-order chi connectivity index (χ1) is 17.5. The molecule has 2 heterocycles. The van der Waals surface area contributed by atoms with E-state index in [-0.39, 0.29) is 42.5 Å². The summed E-state index contributed by atoms with van der Waals surface area (Å²) >= 11 is 0. The van der Waals surface area contributed by atoms with Gasteiger partial charge in [-0.15, -0.1) is 24.8 Å². The summed E-state index contributed by atoms with van der Waals surface area (Å²) in [6.07, 6.45) is 8.94. The Morgan fingerprint density at radius 1 is 1.05 bits per heavy atom. The van der Waals surface area contributed by atoms with Gasteiger partial charge in [0.2, 0.25) is 5.91 Å². The van der Waals surface area contributed by atoms with Gasteiger partial charge in [-0.1, -0.05) is 37.5 Å². The second kappa shape index (κ2) is 13.2. The van der Waals surface area contributed by atoms with Crippen molar-refractivity contribution in [3.63, 3.8) is 0 Å². The lowest BCUT2D eigenvalue weighted by molar-refractivity contribution is -0.120. The lowest BCUT2D eigenvalue weighted by Gasteiger charge is -2.25. The Bertz CT molecular complexity index is 1240. The largest absolute Gasteiger partial charge is 0.364 e. The maximum Gasteiger partial charge on any atom is 0.254 e. The molecule has 1 saturated carbocycles. The molecule has 2 aliphatic rings. The van der Waals surface area contributed by atoms with Crippen molar-refractivity contribution in [1.82, 2.24) is 14.9 Å². The minimum atomic E-state index is 0. The molecule has 38 heavy (non-hydrogen) atoms. The molecule has 9 heteroatoms. The summed E-state index contributed by atoms with van der Waals surface area (Å²) in [6.45, 7) is 6.52. The minimum absolute atomic E-state index is 0. The molecule has 0 unspecified atom stereocenters. The Hall–Kier alpha value is -3.03. The standard InChI is InChI=1S/C29H35N5O2.2ClH/c1-20-7-6-10-26(21(20)2)29(36)34-14-13-33(18-25-16-30-19-31-25)27-15-24(12-11-23(27)17-34)32-28(35)22-8-4-3-5-9-22;;/h6-7,10-12,15-16,19,22H,3-5,8-9,13-14,17-18H2,1-2H3,(H,30,31)(H,32,35);2*1H. The molecule has 5 rings (SSSR count). The topological polar surface area (TPSA) is 81.3 Å². The van der Waals surface area contributed by atoms with Crippen LogP contribution >= 0.6 is 24.8 Å². The van der Waals surface area contributed by atoms with Gasteiger partial charge in [-0.3, -0.25) is 9.59 Å². The third kappa shape index (κ3) is 6.51. The molecule has 2 N–H and O–H groups in total. The van der Waals surface area contributed by atoms with E-state index in [0.29, 0.717) is 26.2 Å². The van der Waals surface area contributed by atoms with Crippen LogP contribution in [0.15, 0.2) is 48.9 Å². The van der Waals surface area contributed by atoms with Crippen molar-refractivity contribution in [2.75, 3.05) is 23.3 Å². The van der Waals surface area contributed by atoms with Gasteiger partial charge < -0.3 is 20.1 Å². The molecule has 0 bridgehead atoms. The van der Waals surface area contributed by atoms with Crippen LogP contribution in [0.5, 0.6) is 0 Å². The molecule has 2 aromatic carbocycles. The molecule has 1 fully saturated rings. The van der Waals surface area contributed by atoms with E-state index in [1.807, 2.05) is 49.2 Å². The summed E-state index contributed by atoms with van der Waals surface area (Å²) in [5.41, 5.74) is 6.84. The van der Waals surface area contributed by atoms with Crippen molar-refractivity contribution >= 4 is 48.0 Å². The predicted octanol–water partition coefficient (Wildman–Crippen LogP) is 6.05. The molecular formula is C29H37Cl2N5O2. The number of aromatic amines is 1. The van der Waals surface area contributed by atoms with Gasteiger partial charge >= 0.3 is 0 Å². The van der Waals surface area contributed by atoms with Gasteiger partial charge in [0, 0.05) is 48.7 Å². The predicted molar refractivity (Wildman–Crippen MR) is 156 cm³/mol. The first kappa shape index (κ1) is 29.5. The minimum Gasteiger partial charge on any atom is -0.364 e. The number of carbonyl (C=O) groups is 2. The van der Waals surface area contributed by atoms with Gasteiger partial charge in [0.15, 0.2) is 0 Å². The van der Waals surface area contributed by atoms with E-state index in [1.54, 1.807) is 6.33 Å². The average molecular weight is 559 g/mol. The highest BCUT2D eigenvalue weighted by Crippen LogP contribution is 2.32. The average Bonchev–Trinajstić information content (AvgIpc) is 3.34. The van der Waals surface area contributed by atoms with Gasteiger partial charge in [0.05, 0.1) is 18.6 Å². The second-order valence-electron chi connectivity index (χ2n) is 10.1. The summed E-state index contributed by atoms with van der Waals surface area (Å²) in [5.74, 6) is 0.277. The zero-order valence-corrected chi connectivity index (χ0v) is 23.7. The zero-order chi connectivity index (χ0) is 25.1. The maximum atomic E-state index is 13.6. The van der Waals surface area contributed by atoms with Crippen molar-refractivity contribution < 1.29 is 9.59 Å². The van der Waals surface area contributed by atoms with Crippen molar-refractivity contribution in [1.29, 1.82) is 0 Å². The van der Waals surface area contributed by atoms with Gasteiger partial charge in [0.1, 0.15) is 0 Å². The number of carbonyl (C=O) groups excluding carboxylic acids is 2. The number of nitrogens with zero attached hydrogens (tertiary/aromatic N) is 3. The first-order valence-electron chi connectivity index (χ1n) is 13.0. The summed E-state index contributed by atoms with van der Waals surface area (Å²) in [6, 6.07) is 12.0. The number of benzene rings is 2. The van der Waals surface area contributed by atoms with Gasteiger partial charge in [-0.25, -0.2) is 4.98 Å². The van der Waals surface area contributed by atoms with Crippen LogP contribution in [-0.2, 0) is 17.9 Å². The number of fused-ring (bicyclic) bond motifs is 1. The van der Waals surface area contributed by atoms with E-state index in [2.05, 4.69) is 32.3 Å². The van der Waals surface area contributed by atoms with Crippen LogP contribution in [0.25, 0.3) is 0 Å². The quantitative estimate of drug-likeness (QED) is 0.400. The van der Waals surface area contributed by atoms with Crippen LogP contribution in [0, 0.1) is 19.8 Å². The normalized spacial score (nSPS) is 15.5. The van der Waals surface area contributed by atoms with E-state index >= 15 is 0 Å². The van der Waals surface area contributed by atoms with Crippen molar-refractivity contribution in [2.24, 2.45) is 5.92 Å². The summed E-state index contributed by atoms with van der Waals surface area (Å²) in [7, 11) is 0. The molecule has 1 aliphatic carbocycles. The van der Waals surface area contributed by atoms with E-state index in [0.717, 1.165) is 65.0 Å². The molecule has 0 radical (unpaired) electrons. The lowest BCUT2D eigenvalue weighted by Crippen LogP contribution is -2.35. The molecule has 2 amide bonds. The summed E-state index contributed by atoms with van der Waals surface area (Å²) < 4.78 is 0. The van der Waals surface area contributed by atoms with E-state index in [4.69, 9.17) is 0 Å². The van der Waals surface area contributed by atoms with Crippen molar-refractivity contribution in [2.45, 2.75) is 59.0 Å². The number of H-pyrrole nitrogens is 1. The molecule has 1 aliphatic heterocycles. The zero-order valence-electron chi connectivity index (χ0n) is 22.0. The number of hydrogen-bond donors (Lipinski definition) is 2. The van der Waals surface area contributed by atoms with Crippen LogP contribution in [-0.4, -0.2) is 39.8 Å². The second-order valence-corrected chi connectivity index (χ2v) is 10.1. The fraction of sp³-hybridized carbons (Fsp3) is 0.414. The number of halogens is 2. The van der Waals surface area contributed by atoms with E-state index < -0.39 is 0 Å². The van der Waals surface area contributed by atoms with E-state index in [9.17, 15) is 9.59 Å². The Kier molecular flexibility index (Phi) is 10.2. The Balaban J connectivity index is 0.00000200. The van der Waals surface area contributed by atoms with E-state index in [1.165, 1.54) is 6.42 Å². The Morgan fingerprint density at radius 3 is 2.58 bits per heavy atom. The van der Waals surface area contributed by atoms with Gasteiger partial charge in [0.25, 0.3) is 5.91 Å².